The van der Waals surface area contributed by atoms with Gasteiger partial charge in [0.25, 0.3) is 0 Å². The van der Waals surface area contributed by atoms with Crippen LogP contribution in [0.4, 0.5) is 0 Å². The van der Waals surface area contributed by atoms with E-state index in [0.29, 0.717) is 39.9 Å². The van der Waals surface area contributed by atoms with Gasteiger partial charge in [0.2, 0.25) is 6.79 Å². The van der Waals surface area contributed by atoms with Crippen LogP contribution in [0.1, 0.15) is 11.1 Å². The van der Waals surface area contributed by atoms with Crippen LogP contribution in [0.15, 0.2) is 48.0 Å². The highest BCUT2D eigenvalue weighted by atomic mass is 16.7. The maximum absolute atomic E-state index is 12.3. The Kier molecular flexibility index (Phi) is 4.01. The van der Waals surface area contributed by atoms with Crippen molar-refractivity contribution < 1.29 is 28.5 Å². The average molecular weight is 352 g/mol. The van der Waals surface area contributed by atoms with E-state index in [1.807, 2.05) is 18.2 Å². The summed E-state index contributed by atoms with van der Waals surface area (Å²) in [6.07, 6.45) is 3.44. The zero-order chi connectivity index (χ0) is 18.1. The van der Waals surface area contributed by atoms with Crippen LogP contribution in [-0.2, 0) is 9.53 Å². The number of hydrogen-bond acceptors (Lipinski definition) is 6. The second-order valence-electron chi connectivity index (χ2n) is 5.68. The van der Waals surface area contributed by atoms with E-state index in [1.54, 1.807) is 44.6 Å². The molecule has 0 radical (unpaired) electrons. The lowest BCUT2D eigenvalue weighted by Crippen LogP contribution is -1.98. The minimum atomic E-state index is -0.421. The molecule has 0 saturated heterocycles. The Labute approximate surface area is 150 Å². The summed E-state index contributed by atoms with van der Waals surface area (Å²) < 4.78 is 26.6. The SMILES string of the molecule is COc1ccc(C2=C/C(=C/c3ccc4c(c3)OCO4)C(=O)O2)c(OC)c1. The van der Waals surface area contributed by atoms with Crippen LogP contribution in [0.2, 0.25) is 0 Å². The van der Waals surface area contributed by atoms with Crippen LogP contribution in [-0.4, -0.2) is 27.0 Å². The molecular formula is C20H16O6. The number of ether oxygens (including phenoxy) is 5. The number of carbonyl (C=O) groups excluding carboxylic acids is 1. The molecule has 0 saturated carbocycles. The fourth-order valence-electron chi connectivity index (χ4n) is 2.81. The van der Waals surface area contributed by atoms with E-state index >= 15 is 0 Å². The number of fused-ring (bicyclic) bond motifs is 1. The summed E-state index contributed by atoms with van der Waals surface area (Å²) in [5.41, 5.74) is 1.94. The molecule has 0 aliphatic carbocycles. The Morgan fingerprint density at radius 1 is 1.00 bits per heavy atom. The van der Waals surface area contributed by atoms with Gasteiger partial charge in [-0.05, 0) is 42.0 Å². The molecule has 2 aliphatic rings. The van der Waals surface area contributed by atoms with Crippen molar-refractivity contribution in [3.05, 3.63) is 59.2 Å². The van der Waals surface area contributed by atoms with Crippen molar-refractivity contribution in [1.82, 2.24) is 0 Å². The monoisotopic (exact) mass is 352 g/mol. The first-order chi connectivity index (χ1) is 12.7. The fraction of sp³-hybridized carbons (Fsp3) is 0.150. The van der Waals surface area contributed by atoms with Crippen molar-refractivity contribution >= 4 is 17.8 Å². The van der Waals surface area contributed by atoms with Crippen molar-refractivity contribution in [2.24, 2.45) is 0 Å². The van der Waals surface area contributed by atoms with Gasteiger partial charge >= 0.3 is 5.97 Å². The predicted octanol–water partition coefficient (Wildman–Crippen LogP) is 3.41. The molecule has 6 heteroatoms. The summed E-state index contributed by atoms with van der Waals surface area (Å²) in [5, 5.41) is 0. The average Bonchev–Trinajstić information content (AvgIpc) is 3.27. The minimum Gasteiger partial charge on any atom is -0.497 e. The maximum Gasteiger partial charge on any atom is 0.343 e. The highest BCUT2D eigenvalue weighted by molar-refractivity contribution is 6.05. The molecule has 0 amide bonds. The first kappa shape index (κ1) is 16.1. The first-order valence-electron chi connectivity index (χ1n) is 7.95. The highest BCUT2D eigenvalue weighted by Crippen LogP contribution is 2.36. The van der Waals surface area contributed by atoms with E-state index in [9.17, 15) is 4.79 Å². The molecule has 6 nitrogen and oxygen atoms in total. The standard InChI is InChI=1S/C20H16O6/c1-22-14-4-5-15(17(10-14)23-2)18-9-13(20(21)26-18)7-12-3-6-16-19(8-12)25-11-24-16/h3-10H,11H2,1-2H3/b13-7-. The predicted molar refractivity (Wildman–Crippen MR) is 94.2 cm³/mol. The molecule has 0 atom stereocenters. The summed E-state index contributed by atoms with van der Waals surface area (Å²) in [6.45, 7) is 0.207. The summed E-state index contributed by atoms with van der Waals surface area (Å²) in [5.74, 6) is 2.59. The molecule has 0 spiro atoms. The van der Waals surface area contributed by atoms with Crippen LogP contribution in [0.3, 0.4) is 0 Å². The van der Waals surface area contributed by atoms with E-state index in [-0.39, 0.29) is 6.79 Å². The third kappa shape index (κ3) is 2.86. The van der Waals surface area contributed by atoms with E-state index in [1.165, 1.54) is 0 Å². The van der Waals surface area contributed by atoms with Gasteiger partial charge < -0.3 is 23.7 Å². The van der Waals surface area contributed by atoms with Crippen LogP contribution >= 0.6 is 0 Å². The van der Waals surface area contributed by atoms with E-state index < -0.39 is 5.97 Å². The second-order valence-corrected chi connectivity index (χ2v) is 5.68. The maximum atomic E-state index is 12.3. The van der Waals surface area contributed by atoms with Crippen molar-refractivity contribution in [2.45, 2.75) is 0 Å². The zero-order valence-corrected chi connectivity index (χ0v) is 14.3. The molecule has 0 N–H and O–H groups in total. The number of methoxy groups -OCH3 is 2. The highest BCUT2D eigenvalue weighted by Gasteiger charge is 2.24. The zero-order valence-electron chi connectivity index (χ0n) is 14.3. The summed E-state index contributed by atoms with van der Waals surface area (Å²) in [6, 6.07) is 10.8. The molecule has 0 bridgehead atoms. The van der Waals surface area contributed by atoms with E-state index in [4.69, 9.17) is 23.7 Å². The first-order valence-corrected chi connectivity index (χ1v) is 7.95. The third-order valence-electron chi connectivity index (χ3n) is 4.12. The van der Waals surface area contributed by atoms with Gasteiger partial charge in [-0.3, -0.25) is 0 Å². The molecule has 0 unspecified atom stereocenters. The van der Waals surface area contributed by atoms with Crippen molar-refractivity contribution in [3.63, 3.8) is 0 Å². The number of benzene rings is 2. The molecule has 4 rings (SSSR count). The molecule has 0 fully saturated rings. The molecule has 2 heterocycles. The number of rotatable bonds is 4. The molecule has 0 aromatic heterocycles. The molecule has 26 heavy (non-hydrogen) atoms. The van der Waals surface area contributed by atoms with Crippen molar-refractivity contribution in [1.29, 1.82) is 0 Å². The van der Waals surface area contributed by atoms with Gasteiger partial charge in [0.1, 0.15) is 17.3 Å². The van der Waals surface area contributed by atoms with Crippen molar-refractivity contribution in [2.75, 3.05) is 21.0 Å². The topological polar surface area (TPSA) is 63.2 Å². The number of cyclic esters (lactones) is 1. The lowest BCUT2D eigenvalue weighted by molar-refractivity contribution is -0.130. The van der Waals surface area contributed by atoms with Gasteiger partial charge in [-0.1, -0.05) is 6.07 Å². The molecule has 132 valence electrons. The normalized spacial score (nSPS) is 16.5. The Morgan fingerprint density at radius 3 is 2.65 bits per heavy atom. The van der Waals surface area contributed by atoms with Crippen LogP contribution < -0.4 is 18.9 Å². The van der Waals surface area contributed by atoms with Crippen LogP contribution in [0.25, 0.3) is 11.8 Å². The Hall–Kier alpha value is -3.41. The van der Waals surface area contributed by atoms with Gasteiger partial charge in [-0.15, -0.1) is 0 Å². The summed E-state index contributed by atoms with van der Waals surface area (Å²) in [4.78, 5) is 12.3. The molecule has 2 aromatic rings. The minimum absolute atomic E-state index is 0.207. The quantitative estimate of drug-likeness (QED) is 0.621. The van der Waals surface area contributed by atoms with Gasteiger partial charge in [-0.2, -0.15) is 0 Å². The third-order valence-corrected chi connectivity index (χ3v) is 4.12. The summed E-state index contributed by atoms with van der Waals surface area (Å²) >= 11 is 0. The Morgan fingerprint density at radius 2 is 1.85 bits per heavy atom. The molecule has 2 aromatic carbocycles. The van der Waals surface area contributed by atoms with Crippen LogP contribution in [0, 0.1) is 0 Å². The second kappa shape index (κ2) is 6.48. The van der Waals surface area contributed by atoms with Gasteiger partial charge in [0.15, 0.2) is 11.5 Å². The van der Waals surface area contributed by atoms with E-state index in [0.717, 1.165) is 5.56 Å². The number of esters is 1. The van der Waals surface area contributed by atoms with Gasteiger partial charge in [-0.25, -0.2) is 4.79 Å². The van der Waals surface area contributed by atoms with Gasteiger partial charge in [0, 0.05) is 6.07 Å². The summed E-state index contributed by atoms with van der Waals surface area (Å²) in [7, 11) is 3.13. The number of hydrogen-bond donors (Lipinski definition) is 0. The van der Waals surface area contributed by atoms with Crippen molar-refractivity contribution in [3.8, 4) is 23.0 Å². The van der Waals surface area contributed by atoms with Crippen LogP contribution in [0.5, 0.6) is 23.0 Å². The Balaban J connectivity index is 1.67. The van der Waals surface area contributed by atoms with E-state index in [2.05, 4.69) is 0 Å². The number of carbonyl (C=O) groups is 1. The smallest absolute Gasteiger partial charge is 0.343 e. The lowest BCUT2D eigenvalue weighted by atomic mass is 10.1. The fourth-order valence-corrected chi connectivity index (χ4v) is 2.81. The largest absolute Gasteiger partial charge is 0.497 e. The lowest BCUT2D eigenvalue weighted by Gasteiger charge is -2.10. The van der Waals surface area contributed by atoms with Gasteiger partial charge in [0.05, 0.1) is 25.4 Å². The molecule has 2 aliphatic heterocycles. The Bertz CT molecular complexity index is 941. The molecular weight excluding hydrogens is 336 g/mol.